The van der Waals surface area contributed by atoms with Crippen LogP contribution in [0.1, 0.15) is 15.9 Å². The molecule has 0 spiro atoms. The average molecular weight is 413 g/mol. The lowest BCUT2D eigenvalue weighted by atomic mass is 10.2. The third kappa shape index (κ3) is 4.78. The maximum Gasteiger partial charge on any atom is 0.417 e. The molecular weight excluding hydrogens is 395 g/mol. The minimum atomic E-state index is -4.41. The first kappa shape index (κ1) is 20.1. The molecule has 0 saturated carbocycles. The van der Waals surface area contributed by atoms with Crippen LogP contribution in [-0.4, -0.2) is 54.4 Å². The first-order valence-corrected chi connectivity index (χ1v) is 9.29. The molecule has 0 unspecified atom stereocenters. The van der Waals surface area contributed by atoms with Crippen molar-refractivity contribution in [1.82, 2.24) is 9.88 Å². The Labute approximate surface area is 162 Å². The lowest BCUT2D eigenvalue weighted by molar-refractivity contribution is -0.137. The number of alkyl halides is 3. The van der Waals surface area contributed by atoms with Crippen LogP contribution in [0.4, 0.5) is 24.0 Å². The van der Waals surface area contributed by atoms with E-state index < -0.39 is 17.6 Å². The number of hydrogen-bond donors (Lipinski definition) is 2. The number of aromatic nitrogens is 1. The number of rotatable bonds is 5. The van der Waals surface area contributed by atoms with E-state index in [0.717, 1.165) is 12.3 Å². The van der Waals surface area contributed by atoms with Crippen molar-refractivity contribution in [3.63, 3.8) is 0 Å². The lowest BCUT2D eigenvalue weighted by Gasteiger charge is -2.35. The summed E-state index contributed by atoms with van der Waals surface area (Å²) in [7, 11) is 0. The number of amides is 2. The van der Waals surface area contributed by atoms with E-state index in [-0.39, 0.29) is 18.0 Å². The number of halogens is 3. The molecule has 0 aromatic carbocycles. The topological polar surface area (TPSA) is 91.6 Å². The van der Waals surface area contributed by atoms with Gasteiger partial charge in [0.25, 0.3) is 5.91 Å². The number of primary amides is 1. The molecule has 3 rings (SSSR count). The van der Waals surface area contributed by atoms with Crippen molar-refractivity contribution in [3.8, 4) is 0 Å². The van der Waals surface area contributed by atoms with Crippen molar-refractivity contribution in [2.45, 2.75) is 6.18 Å². The number of carbonyl (C=O) groups excluding carboxylic acids is 2. The fourth-order valence-electron chi connectivity index (χ4n) is 2.85. The summed E-state index contributed by atoms with van der Waals surface area (Å²) >= 11 is 1.22. The molecule has 3 N–H and O–H groups in total. The SMILES string of the molecule is NC(=O)c1ccsc1NC(=O)CN1CCN(c2ccc(C(F)(F)F)cn2)CC1. The molecule has 1 saturated heterocycles. The number of hydrogen-bond acceptors (Lipinski definition) is 6. The minimum absolute atomic E-state index is 0.143. The molecule has 0 bridgehead atoms. The normalized spacial score (nSPS) is 15.5. The number of pyridine rings is 1. The number of anilines is 2. The maximum absolute atomic E-state index is 12.6. The quantitative estimate of drug-likeness (QED) is 0.783. The molecular formula is C17H18F3N5O2S. The van der Waals surface area contributed by atoms with Crippen molar-refractivity contribution < 1.29 is 22.8 Å². The summed E-state index contributed by atoms with van der Waals surface area (Å²) in [5.74, 6) is -0.387. The minimum Gasteiger partial charge on any atom is -0.366 e. The van der Waals surface area contributed by atoms with Crippen LogP contribution < -0.4 is 16.0 Å². The van der Waals surface area contributed by atoms with Crippen LogP contribution in [0.2, 0.25) is 0 Å². The highest BCUT2D eigenvalue weighted by atomic mass is 32.1. The van der Waals surface area contributed by atoms with Gasteiger partial charge in [-0.3, -0.25) is 14.5 Å². The third-order valence-electron chi connectivity index (χ3n) is 4.32. The molecule has 0 radical (unpaired) electrons. The second kappa shape index (κ2) is 8.15. The molecule has 150 valence electrons. The van der Waals surface area contributed by atoms with Gasteiger partial charge in [0, 0.05) is 32.4 Å². The fourth-order valence-corrected chi connectivity index (χ4v) is 3.65. The summed E-state index contributed by atoms with van der Waals surface area (Å²) < 4.78 is 37.8. The highest BCUT2D eigenvalue weighted by Crippen LogP contribution is 2.29. The van der Waals surface area contributed by atoms with E-state index in [9.17, 15) is 22.8 Å². The van der Waals surface area contributed by atoms with Gasteiger partial charge in [-0.2, -0.15) is 13.2 Å². The highest BCUT2D eigenvalue weighted by molar-refractivity contribution is 7.14. The van der Waals surface area contributed by atoms with E-state index in [1.54, 1.807) is 11.4 Å². The molecule has 1 fully saturated rings. The summed E-state index contributed by atoms with van der Waals surface area (Å²) in [6.07, 6.45) is -3.58. The van der Waals surface area contributed by atoms with Gasteiger partial charge in [-0.25, -0.2) is 4.98 Å². The van der Waals surface area contributed by atoms with Gasteiger partial charge in [-0.1, -0.05) is 0 Å². The number of nitrogens with two attached hydrogens (primary N) is 1. The van der Waals surface area contributed by atoms with Gasteiger partial charge >= 0.3 is 6.18 Å². The van der Waals surface area contributed by atoms with Crippen LogP contribution in [0, 0.1) is 0 Å². The molecule has 2 aromatic heterocycles. The average Bonchev–Trinajstić information content (AvgIpc) is 3.10. The Morgan fingerprint density at radius 3 is 2.46 bits per heavy atom. The zero-order chi connectivity index (χ0) is 20.3. The zero-order valence-electron chi connectivity index (χ0n) is 14.7. The predicted octanol–water partition coefficient (Wildman–Crippen LogP) is 2.02. The zero-order valence-corrected chi connectivity index (χ0v) is 15.5. The summed E-state index contributed by atoms with van der Waals surface area (Å²) in [5.41, 5.74) is 4.75. The number of carbonyl (C=O) groups is 2. The smallest absolute Gasteiger partial charge is 0.366 e. The molecule has 0 aliphatic carbocycles. The second-order valence-electron chi connectivity index (χ2n) is 6.24. The molecule has 11 heteroatoms. The second-order valence-corrected chi connectivity index (χ2v) is 7.16. The number of nitrogens with zero attached hydrogens (tertiary/aromatic N) is 3. The first-order valence-electron chi connectivity index (χ1n) is 8.42. The maximum atomic E-state index is 12.6. The van der Waals surface area contributed by atoms with E-state index >= 15 is 0 Å². The van der Waals surface area contributed by atoms with Crippen LogP contribution in [0.5, 0.6) is 0 Å². The molecule has 1 aliphatic heterocycles. The van der Waals surface area contributed by atoms with Gasteiger partial charge in [0.2, 0.25) is 5.91 Å². The van der Waals surface area contributed by atoms with Crippen LogP contribution >= 0.6 is 11.3 Å². The van der Waals surface area contributed by atoms with E-state index in [1.165, 1.54) is 17.4 Å². The molecule has 3 heterocycles. The van der Waals surface area contributed by atoms with E-state index in [2.05, 4.69) is 10.3 Å². The molecule has 2 amide bonds. The lowest BCUT2D eigenvalue weighted by Crippen LogP contribution is -2.49. The number of piperazine rings is 1. The summed E-state index contributed by atoms with van der Waals surface area (Å²) in [6, 6.07) is 3.92. The summed E-state index contributed by atoms with van der Waals surface area (Å²) in [6.45, 7) is 2.34. The molecule has 1 aliphatic rings. The summed E-state index contributed by atoms with van der Waals surface area (Å²) in [4.78, 5) is 31.2. The Morgan fingerprint density at radius 1 is 1.18 bits per heavy atom. The van der Waals surface area contributed by atoms with Crippen LogP contribution in [0.15, 0.2) is 29.8 Å². The molecule has 7 nitrogen and oxygen atoms in total. The number of thiophene rings is 1. The van der Waals surface area contributed by atoms with Gasteiger partial charge in [0.05, 0.1) is 17.7 Å². The third-order valence-corrected chi connectivity index (χ3v) is 5.15. The van der Waals surface area contributed by atoms with Crippen molar-refractivity contribution in [1.29, 1.82) is 0 Å². The van der Waals surface area contributed by atoms with Crippen LogP contribution in [0.3, 0.4) is 0 Å². The highest BCUT2D eigenvalue weighted by Gasteiger charge is 2.31. The molecule has 28 heavy (non-hydrogen) atoms. The molecule has 0 atom stereocenters. The van der Waals surface area contributed by atoms with Gasteiger partial charge in [-0.05, 0) is 23.6 Å². The van der Waals surface area contributed by atoms with Gasteiger partial charge in [0.1, 0.15) is 10.8 Å². The van der Waals surface area contributed by atoms with Crippen molar-refractivity contribution >= 4 is 34.0 Å². The van der Waals surface area contributed by atoms with E-state index in [0.29, 0.717) is 37.0 Å². The van der Waals surface area contributed by atoms with Crippen molar-refractivity contribution in [2.24, 2.45) is 5.73 Å². The fraction of sp³-hybridized carbons (Fsp3) is 0.353. The van der Waals surface area contributed by atoms with Crippen LogP contribution in [-0.2, 0) is 11.0 Å². The molecule has 2 aromatic rings. The standard InChI is InChI=1S/C17H18F3N5O2S/c18-17(19,20)11-1-2-13(22-9-11)25-6-4-24(5-7-25)10-14(26)23-16-12(15(21)27)3-8-28-16/h1-3,8-9H,4-7,10H2,(H2,21,27)(H,23,26). The Hall–Kier alpha value is -2.66. The Morgan fingerprint density at radius 2 is 1.89 bits per heavy atom. The summed E-state index contributed by atoms with van der Waals surface area (Å²) in [5, 5.41) is 4.78. The van der Waals surface area contributed by atoms with Crippen molar-refractivity contribution in [2.75, 3.05) is 42.9 Å². The largest absolute Gasteiger partial charge is 0.417 e. The van der Waals surface area contributed by atoms with Gasteiger partial charge < -0.3 is 16.0 Å². The van der Waals surface area contributed by atoms with E-state index in [4.69, 9.17) is 5.73 Å². The predicted molar refractivity (Wildman–Crippen MR) is 99.4 cm³/mol. The Bertz CT molecular complexity index is 845. The van der Waals surface area contributed by atoms with Gasteiger partial charge in [0.15, 0.2) is 0 Å². The monoisotopic (exact) mass is 413 g/mol. The Balaban J connectivity index is 1.50. The van der Waals surface area contributed by atoms with E-state index in [1.807, 2.05) is 9.80 Å². The number of nitrogens with one attached hydrogen (secondary N) is 1. The van der Waals surface area contributed by atoms with Crippen LogP contribution in [0.25, 0.3) is 0 Å². The first-order chi connectivity index (χ1) is 13.2. The van der Waals surface area contributed by atoms with Gasteiger partial charge in [-0.15, -0.1) is 11.3 Å². The van der Waals surface area contributed by atoms with Crippen molar-refractivity contribution in [3.05, 3.63) is 40.9 Å². The Kier molecular flexibility index (Phi) is 5.84.